The average molecular weight is 327 g/mol. The molecule has 0 aliphatic carbocycles. The van der Waals surface area contributed by atoms with E-state index in [0.29, 0.717) is 6.04 Å². The lowest BCUT2D eigenvalue weighted by Crippen LogP contribution is -2.39. The fourth-order valence-electron chi connectivity index (χ4n) is 3.24. The van der Waals surface area contributed by atoms with Gasteiger partial charge in [-0.15, -0.1) is 0 Å². The zero-order valence-corrected chi connectivity index (χ0v) is 14.3. The van der Waals surface area contributed by atoms with Gasteiger partial charge in [0.25, 0.3) is 0 Å². The number of anilines is 2. The second-order valence-electron chi connectivity index (χ2n) is 6.12. The van der Waals surface area contributed by atoms with Gasteiger partial charge in [-0.05, 0) is 31.9 Å². The Morgan fingerprint density at radius 3 is 2.61 bits per heavy atom. The van der Waals surface area contributed by atoms with E-state index in [4.69, 9.17) is 4.98 Å². The Morgan fingerprint density at radius 1 is 1.17 bits per heavy atom. The number of aromatic nitrogens is 3. The largest absolute Gasteiger partial charge is 0.371 e. The second kappa shape index (κ2) is 5.85. The smallest absolute Gasteiger partial charge is 0.185 e. The fourth-order valence-corrected chi connectivity index (χ4v) is 4.25. The van der Waals surface area contributed by atoms with Gasteiger partial charge < -0.3 is 10.2 Å². The summed E-state index contributed by atoms with van der Waals surface area (Å²) in [4.78, 5) is 7.16. The predicted octanol–water partition coefficient (Wildman–Crippen LogP) is 3.42. The molecule has 6 heteroatoms. The summed E-state index contributed by atoms with van der Waals surface area (Å²) < 4.78 is 3.06. The van der Waals surface area contributed by atoms with Crippen LogP contribution in [0.1, 0.15) is 18.5 Å². The summed E-state index contributed by atoms with van der Waals surface area (Å²) in [6, 6.07) is 11.2. The van der Waals surface area contributed by atoms with Crippen molar-refractivity contribution in [3.63, 3.8) is 0 Å². The van der Waals surface area contributed by atoms with E-state index in [-0.39, 0.29) is 0 Å². The molecule has 0 atom stereocenters. The number of hydrogen-bond donors (Lipinski definition) is 1. The van der Waals surface area contributed by atoms with E-state index < -0.39 is 0 Å². The van der Waals surface area contributed by atoms with Crippen molar-refractivity contribution in [3.05, 3.63) is 36.0 Å². The van der Waals surface area contributed by atoms with E-state index in [9.17, 15) is 0 Å². The van der Waals surface area contributed by atoms with Crippen LogP contribution in [-0.4, -0.2) is 33.9 Å². The highest BCUT2D eigenvalue weighted by atomic mass is 32.1. The first-order chi connectivity index (χ1) is 11.2. The zero-order chi connectivity index (χ0) is 15.8. The Labute approximate surface area is 139 Å². The quantitative estimate of drug-likeness (QED) is 0.801. The van der Waals surface area contributed by atoms with Crippen molar-refractivity contribution in [1.29, 1.82) is 0 Å². The number of hydrogen-bond acceptors (Lipinski definition) is 5. The van der Waals surface area contributed by atoms with Crippen LogP contribution >= 0.6 is 11.3 Å². The number of fused-ring (bicyclic) bond motifs is 1. The number of thiazole rings is 1. The molecule has 1 aromatic carbocycles. The molecule has 0 saturated carbocycles. The molecule has 1 aliphatic heterocycles. The lowest BCUT2D eigenvalue weighted by molar-refractivity contribution is 0.526. The molecule has 2 aromatic heterocycles. The molecule has 1 N–H and O–H groups in total. The molecule has 1 saturated heterocycles. The molecule has 0 bridgehead atoms. The third kappa shape index (κ3) is 2.79. The van der Waals surface area contributed by atoms with Crippen LogP contribution in [0.2, 0.25) is 0 Å². The zero-order valence-electron chi connectivity index (χ0n) is 13.5. The van der Waals surface area contributed by atoms with E-state index in [1.165, 1.54) is 10.4 Å². The molecule has 1 aliphatic rings. The normalized spacial score (nSPS) is 16.2. The van der Waals surface area contributed by atoms with E-state index in [1.54, 1.807) is 11.3 Å². The number of benzene rings is 1. The molecule has 23 heavy (non-hydrogen) atoms. The van der Waals surface area contributed by atoms with Crippen LogP contribution < -0.4 is 10.2 Å². The SMILES string of the molecule is Cc1nn(C)c2nc(NC3CCN(c4ccccc4)CC3)sc12. The summed E-state index contributed by atoms with van der Waals surface area (Å²) in [5, 5.41) is 9.06. The lowest BCUT2D eigenvalue weighted by atomic mass is 10.0. The Hall–Kier alpha value is -2.08. The van der Waals surface area contributed by atoms with Gasteiger partial charge in [-0.2, -0.15) is 5.10 Å². The van der Waals surface area contributed by atoms with Gasteiger partial charge in [-0.1, -0.05) is 29.5 Å². The Balaban J connectivity index is 1.41. The highest BCUT2D eigenvalue weighted by Gasteiger charge is 2.21. The minimum absolute atomic E-state index is 0.504. The van der Waals surface area contributed by atoms with Gasteiger partial charge in [-0.25, -0.2) is 9.67 Å². The van der Waals surface area contributed by atoms with Crippen molar-refractivity contribution in [2.75, 3.05) is 23.3 Å². The first-order valence-corrected chi connectivity index (χ1v) is 8.89. The number of piperidine rings is 1. The maximum atomic E-state index is 4.70. The monoisotopic (exact) mass is 327 g/mol. The van der Waals surface area contributed by atoms with Gasteiger partial charge in [0.2, 0.25) is 0 Å². The van der Waals surface area contributed by atoms with Gasteiger partial charge in [0.1, 0.15) is 0 Å². The van der Waals surface area contributed by atoms with Crippen LogP contribution in [0.5, 0.6) is 0 Å². The molecule has 4 rings (SSSR count). The van der Waals surface area contributed by atoms with Gasteiger partial charge in [0.15, 0.2) is 10.8 Å². The standard InChI is InChI=1S/C17H21N5S/c1-12-15-16(21(2)20-12)19-17(23-15)18-13-8-10-22(11-9-13)14-6-4-3-5-7-14/h3-7,13H,8-11H2,1-2H3,(H,18,19). The third-order valence-electron chi connectivity index (χ3n) is 4.49. The molecular formula is C17H21N5S. The van der Waals surface area contributed by atoms with Crippen LogP contribution in [0.4, 0.5) is 10.8 Å². The summed E-state index contributed by atoms with van der Waals surface area (Å²) in [7, 11) is 1.96. The van der Waals surface area contributed by atoms with Crippen LogP contribution in [0.15, 0.2) is 30.3 Å². The Morgan fingerprint density at radius 2 is 1.91 bits per heavy atom. The maximum Gasteiger partial charge on any atom is 0.185 e. The van der Waals surface area contributed by atoms with E-state index in [0.717, 1.165) is 42.4 Å². The molecule has 3 aromatic rings. The molecule has 120 valence electrons. The molecule has 5 nitrogen and oxygen atoms in total. The van der Waals surface area contributed by atoms with Crippen molar-refractivity contribution < 1.29 is 0 Å². The van der Waals surface area contributed by atoms with Crippen LogP contribution in [-0.2, 0) is 7.05 Å². The Bertz CT molecular complexity index is 765. The average Bonchev–Trinajstić information content (AvgIpc) is 3.10. The highest BCUT2D eigenvalue weighted by Crippen LogP contribution is 2.30. The summed E-state index contributed by atoms with van der Waals surface area (Å²) in [6.07, 6.45) is 2.28. The molecule has 0 radical (unpaired) electrons. The highest BCUT2D eigenvalue weighted by molar-refractivity contribution is 7.22. The summed E-state index contributed by atoms with van der Waals surface area (Å²) in [5.41, 5.74) is 3.37. The van der Waals surface area contributed by atoms with Crippen LogP contribution in [0, 0.1) is 6.92 Å². The number of nitrogens with zero attached hydrogens (tertiary/aromatic N) is 4. The van der Waals surface area contributed by atoms with Crippen LogP contribution in [0.3, 0.4) is 0 Å². The van der Waals surface area contributed by atoms with Gasteiger partial charge in [-0.3, -0.25) is 0 Å². The molecule has 0 spiro atoms. The van der Waals surface area contributed by atoms with E-state index in [2.05, 4.69) is 45.6 Å². The van der Waals surface area contributed by atoms with Crippen molar-refractivity contribution in [3.8, 4) is 0 Å². The van der Waals surface area contributed by atoms with Crippen LogP contribution in [0.25, 0.3) is 10.3 Å². The number of nitrogens with one attached hydrogen (secondary N) is 1. The first-order valence-electron chi connectivity index (χ1n) is 8.07. The number of aryl methyl sites for hydroxylation is 2. The molecule has 0 amide bonds. The predicted molar refractivity (Wildman–Crippen MR) is 96.4 cm³/mol. The summed E-state index contributed by atoms with van der Waals surface area (Å²) >= 11 is 1.72. The first kappa shape index (κ1) is 14.5. The second-order valence-corrected chi connectivity index (χ2v) is 7.12. The molecule has 3 heterocycles. The molecule has 0 unspecified atom stereocenters. The maximum absolute atomic E-state index is 4.70. The molecule has 1 fully saturated rings. The Kier molecular flexibility index (Phi) is 3.69. The fraction of sp³-hybridized carbons (Fsp3) is 0.412. The summed E-state index contributed by atoms with van der Waals surface area (Å²) in [6.45, 7) is 4.23. The van der Waals surface area contributed by atoms with E-state index in [1.807, 2.05) is 18.7 Å². The van der Waals surface area contributed by atoms with E-state index >= 15 is 0 Å². The van der Waals surface area contributed by atoms with Crippen molar-refractivity contribution >= 4 is 32.5 Å². The number of rotatable bonds is 3. The van der Waals surface area contributed by atoms with Gasteiger partial charge in [0, 0.05) is 31.9 Å². The van der Waals surface area contributed by atoms with Crippen molar-refractivity contribution in [2.24, 2.45) is 7.05 Å². The topological polar surface area (TPSA) is 46.0 Å². The van der Waals surface area contributed by atoms with Crippen molar-refractivity contribution in [2.45, 2.75) is 25.8 Å². The number of para-hydroxylation sites is 1. The molecular weight excluding hydrogens is 306 g/mol. The summed E-state index contributed by atoms with van der Waals surface area (Å²) in [5.74, 6) is 0. The third-order valence-corrected chi connectivity index (χ3v) is 5.57. The van der Waals surface area contributed by atoms with Gasteiger partial charge >= 0.3 is 0 Å². The minimum atomic E-state index is 0.504. The van der Waals surface area contributed by atoms with Gasteiger partial charge in [0.05, 0.1) is 10.4 Å². The van der Waals surface area contributed by atoms with Crippen molar-refractivity contribution in [1.82, 2.24) is 14.8 Å². The minimum Gasteiger partial charge on any atom is -0.371 e. The lowest BCUT2D eigenvalue weighted by Gasteiger charge is -2.33.